The van der Waals surface area contributed by atoms with Crippen molar-refractivity contribution < 1.29 is 0 Å². The van der Waals surface area contributed by atoms with Crippen molar-refractivity contribution in [3.05, 3.63) is 65.7 Å². The molecule has 0 heterocycles. The molecule has 110 valence electrons. The molecule has 0 saturated heterocycles. The Morgan fingerprint density at radius 2 is 1.67 bits per heavy atom. The number of benzene rings is 2. The zero-order valence-electron chi connectivity index (χ0n) is 12.4. The van der Waals surface area contributed by atoms with Crippen LogP contribution in [0.3, 0.4) is 0 Å². The van der Waals surface area contributed by atoms with E-state index >= 15 is 0 Å². The van der Waals surface area contributed by atoms with Crippen LogP contribution in [-0.4, -0.2) is 5.11 Å². The number of aryl methyl sites for hydroxylation is 1. The quantitative estimate of drug-likeness (QED) is 0.767. The Morgan fingerprint density at radius 3 is 2.33 bits per heavy atom. The molecule has 0 spiro atoms. The Morgan fingerprint density at radius 1 is 0.952 bits per heavy atom. The molecule has 0 amide bonds. The Bertz CT molecular complexity index is 549. The average Bonchev–Trinajstić information content (AvgIpc) is 2.53. The minimum absolute atomic E-state index is 0.653. The molecule has 0 bridgehead atoms. The molecule has 0 fully saturated rings. The number of hydrogen-bond acceptors (Lipinski definition) is 1. The monoisotopic (exact) mass is 298 g/mol. The van der Waals surface area contributed by atoms with Gasteiger partial charge in [-0.1, -0.05) is 55.8 Å². The third-order valence-electron chi connectivity index (χ3n) is 3.33. The molecule has 2 aromatic rings. The molecule has 2 N–H and O–H groups in total. The zero-order chi connectivity index (χ0) is 14.9. The fourth-order valence-corrected chi connectivity index (χ4v) is 2.28. The first kappa shape index (κ1) is 15.5. The van der Waals surface area contributed by atoms with Crippen LogP contribution in [0.5, 0.6) is 0 Å². The van der Waals surface area contributed by atoms with E-state index in [2.05, 4.69) is 54.0 Å². The van der Waals surface area contributed by atoms with Crippen molar-refractivity contribution >= 4 is 23.0 Å². The second kappa shape index (κ2) is 8.42. The van der Waals surface area contributed by atoms with Crippen LogP contribution in [0.25, 0.3) is 0 Å². The normalized spacial score (nSPS) is 10.1. The van der Waals surface area contributed by atoms with Crippen molar-refractivity contribution in [2.24, 2.45) is 0 Å². The molecule has 0 radical (unpaired) electrons. The van der Waals surface area contributed by atoms with Crippen molar-refractivity contribution in [3.8, 4) is 0 Å². The molecule has 0 atom stereocenters. The first-order valence-electron chi connectivity index (χ1n) is 7.45. The van der Waals surface area contributed by atoms with Crippen LogP contribution >= 0.6 is 12.2 Å². The molecule has 0 unspecified atom stereocenters. The lowest BCUT2D eigenvalue weighted by Crippen LogP contribution is -2.27. The van der Waals surface area contributed by atoms with Crippen molar-refractivity contribution in [1.29, 1.82) is 0 Å². The number of nitrogens with one attached hydrogen (secondary N) is 2. The summed E-state index contributed by atoms with van der Waals surface area (Å²) in [6.45, 7) is 2.95. The maximum Gasteiger partial charge on any atom is 0.171 e. The average molecular weight is 298 g/mol. The minimum Gasteiger partial charge on any atom is -0.358 e. The van der Waals surface area contributed by atoms with E-state index in [1.165, 1.54) is 24.0 Å². The van der Waals surface area contributed by atoms with E-state index in [1.807, 2.05) is 18.2 Å². The summed E-state index contributed by atoms with van der Waals surface area (Å²) < 4.78 is 0. The molecule has 3 heteroatoms. The van der Waals surface area contributed by atoms with Gasteiger partial charge in [-0.05, 0) is 48.3 Å². The van der Waals surface area contributed by atoms with E-state index in [1.54, 1.807) is 0 Å². The molecule has 0 saturated carbocycles. The number of hydrogen-bond donors (Lipinski definition) is 2. The molecule has 2 nitrogen and oxygen atoms in total. The summed E-state index contributed by atoms with van der Waals surface area (Å²) in [5.41, 5.74) is 3.63. The molecule has 0 aliphatic carbocycles. The van der Waals surface area contributed by atoms with E-state index in [4.69, 9.17) is 12.2 Å². The summed E-state index contributed by atoms with van der Waals surface area (Å²) in [5, 5.41) is 7.09. The van der Waals surface area contributed by atoms with Crippen molar-refractivity contribution in [3.63, 3.8) is 0 Å². The summed E-state index contributed by atoms with van der Waals surface area (Å²) in [7, 11) is 0. The number of anilines is 1. The lowest BCUT2D eigenvalue weighted by atomic mass is 10.1. The minimum atomic E-state index is 0.653. The lowest BCUT2D eigenvalue weighted by molar-refractivity contribution is 0.795. The van der Waals surface area contributed by atoms with E-state index in [0.29, 0.717) is 5.11 Å². The molecule has 21 heavy (non-hydrogen) atoms. The van der Waals surface area contributed by atoms with E-state index < -0.39 is 0 Å². The van der Waals surface area contributed by atoms with Crippen molar-refractivity contribution in [2.75, 3.05) is 5.32 Å². The standard InChI is InChI=1S/C18H22N2S/c1-2-3-7-15-10-12-17(13-11-15)20-18(21)19-14-16-8-5-4-6-9-16/h4-6,8-13H,2-3,7,14H2,1H3,(H2,19,20,21). The summed E-state index contributed by atoms with van der Waals surface area (Å²) in [5.74, 6) is 0. The number of thiocarbonyl (C=S) groups is 1. The first-order chi connectivity index (χ1) is 10.3. The van der Waals surface area contributed by atoms with E-state index in [0.717, 1.165) is 18.7 Å². The Kier molecular flexibility index (Phi) is 6.22. The molecule has 2 aromatic carbocycles. The van der Waals surface area contributed by atoms with Gasteiger partial charge in [-0.25, -0.2) is 0 Å². The van der Waals surface area contributed by atoms with Gasteiger partial charge in [-0.2, -0.15) is 0 Å². The van der Waals surface area contributed by atoms with Crippen LogP contribution < -0.4 is 10.6 Å². The summed E-state index contributed by atoms with van der Waals surface area (Å²) in [6, 6.07) is 18.7. The highest BCUT2D eigenvalue weighted by Gasteiger charge is 1.99. The fraction of sp³-hybridized carbons (Fsp3) is 0.278. The van der Waals surface area contributed by atoms with Crippen LogP contribution in [-0.2, 0) is 13.0 Å². The molecule has 0 aliphatic rings. The van der Waals surface area contributed by atoms with Crippen LogP contribution in [0, 0.1) is 0 Å². The molecular formula is C18H22N2S. The molecular weight excluding hydrogens is 276 g/mol. The van der Waals surface area contributed by atoms with Crippen molar-refractivity contribution in [1.82, 2.24) is 5.32 Å². The third kappa shape index (κ3) is 5.56. The van der Waals surface area contributed by atoms with Gasteiger partial charge in [0.15, 0.2) is 5.11 Å². The molecule has 0 aromatic heterocycles. The highest BCUT2D eigenvalue weighted by molar-refractivity contribution is 7.80. The van der Waals surface area contributed by atoms with Crippen LogP contribution in [0.4, 0.5) is 5.69 Å². The summed E-state index contributed by atoms with van der Waals surface area (Å²) in [4.78, 5) is 0. The summed E-state index contributed by atoms with van der Waals surface area (Å²) in [6.07, 6.45) is 3.62. The zero-order valence-corrected chi connectivity index (χ0v) is 13.2. The highest BCUT2D eigenvalue weighted by Crippen LogP contribution is 2.11. The van der Waals surface area contributed by atoms with Crippen LogP contribution in [0.15, 0.2) is 54.6 Å². The smallest absolute Gasteiger partial charge is 0.171 e. The number of unbranched alkanes of at least 4 members (excludes halogenated alkanes) is 1. The van der Waals surface area contributed by atoms with Crippen LogP contribution in [0.1, 0.15) is 30.9 Å². The predicted octanol–water partition coefficient (Wildman–Crippen LogP) is 4.52. The third-order valence-corrected chi connectivity index (χ3v) is 3.57. The van der Waals surface area contributed by atoms with Gasteiger partial charge in [0, 0.05) is 12.2 Å². The largest absolute Gasteiger partial charge is 0.358 e. The molecule has 0 aliphatic heterocycles. The van der Waals surface area contributed by atoms with Gasteiger partial charge in [-0.3, -0.25) is 0 Å². The van der Waals surface area contributed by atoms with Gasteiger partial charge in [0.1, 0.15) is 0 Å². The highest BCUT2D eigenvalue weighted by atomic mass is 32.1. The SMILES string of the molecule is CCCCc1ccc(NC(=S)NCc2ccccc2)cc1. The van der Waals surface area contributed by atoms with Gasteiger partial charge in [0.2, 0.25) is 0 Å². The van der Waals surface area contributed by atoms with Crippen LogP contribution in [0.2, 0.25) is 0 Å². The van der Waals surface area contributed by atoms with E-state index in [-0.39, 0.29) is 0 Å². The van der Waals surface area contributed by atoms with Gasteiger partial charge < -0.3 is 10.6 Å². The lowest BCUT2D eigenvalue weighted by Gasteiger charge is -2.11. The first-order valence-corrected chi connectivity index (χ1v) is 7.86. The second-order valence-electron chi connectivity index (χ2n) is 5.09. The fourth-order valence-electron chi connectivity index (χ4n) is 2.09. The van der Waals surface area contributed by atoms with Gasteiger partial charge in [0.05, 0.1) is 0 Å². The topological polar surface area (TPSA) is 24.1 Å². The Balaban J connectivity index is 1.79. The second-order valence-corrected chi connectivity index (χ2v) is 5.50. The summed E-state index contributed by atoms with van der Waals surface area (Å²) >= 11 is 5.32. The van der Waals surface area contributed by atoms with Gasteiger partial charge >= 0.3 is 0 Å². The maximum absolute atomic E-state index is 5.32. The Hall–Kier alpha value is -1.87. The van der Waals surface area contributed by atoms with Gasteiger partial charge in [-0.15, -0.1) is 0 Å². The predicted molar refractivity (Wildman–Crippen MR) is 94.6 cm³/mol. The maximum atomic E-state index is 5.32. The Labute approximate surface area is 132 Å². The molecule has 2 rings (SSSR count). The van der Waals surface area contributed by atoms with Crippen molar-refractivity contribution in [2.45, 2.75) is 32.7 Å². The van der Waals surface area contributed by atoms with E-state index in [9.17, 15) is 0 Å². The number of rotatable bonds is 6. The van der Waals surface area contributed by atoms with Gasteiger partial charge in [0.25, 0.3) is 0 Å².